The molecular formula is C8H7IN2O. The Morgan fingerprint density at radius 2 is 2.17 bits per heavy atom. The van der Waals surface area contributed by atoms with E-state index in [-0.39, 0.29) is 0 Å². The van der Waals surface area contributed by atoms with Gasteiger partial charge in [0.05, 0.1) is 5.52 Å². The standard InChI is InChI=1S/C8H7IN2O/c1-12-11-7-5-3-2-4-6(7)10-8(11)9/h2-5H,1H3. The highest BCUT2D eigenvalue weighted by Crippen LogP contribution is 2.15. The molecular weight excluding hydrogens is 267 g/mol. The Morgan fingerprint density at radius 1 is 1.42 bits per heavy atom. The van der Waals surface area contributed by atoms with E-state index in [4.69, 9.17) is 4.84 Å². The van der Waals surface area contributed by atoms with Crippen LogP contribution in [0, 0.1) is 3.83 Å². The van der Waals surface area contributed by atoms with Gasteiger partial charge in [-0.1, -0.05) is 12.1 Å². The van der Waals surface area contributed by atoms with Crippen molar-refractivity contribution in [1.82, 2.24) is 9.71 Å². The highest BCUT2D eigenvalue weighted by atomic mass is 127. The topological polar surface area (TPSA) is 27.1 Å². The number of para-hydroxylation sites is 2. The minimum Gasteiger partial charge on any atom is -0.415 e. The van der Waals surface area contributed by atoms with Crippen LogP contribution < -0.4 is 4.84 Å². The smallest absolute Gasteiger partial charge is 0.207 e. The third kappa shape index (κ3) is 1.06. The monoisotopic (exact) mass is 274 g/mol. The van der Waals surface area contributed by atoms with E-state index < -0.39 is 0 Å². The van der Waals surface area contributed by atoms with E-state index in [1.807, 2.05) is 24.3 Å². The van der Waals surface area contributed by atoms with Gasteiger partial charge in [0.1, 0.15) is 12.6 Å². The Kier molecular flexibility index (Phi) is 1.92. The molecule has 2 aromatic rings. The average molecular weight is 274 g/mol. The Hall–Kier alpha value is -0.780. The molecule has 0 atom stereocenters. The molecule has 0 bridgehead atoms. The zero-order chi connectivity index (χ0) is 8.55. The molecule has 3 nitrogen and oxygen atoms in total. The van der Waals surface area contributed by atoms with E-state index in [0.29, 0.717) is 0 Å². The van der Waals surface area contributed by atoms with Crippen molar-refractivity contribution in [3.8, 4) is 0 Å². The number of aromatic nitrogens is 2. The second-order valence-electron chi connectivity index (χ2n) is 2.35. The number of hydrogen-bond acceptors (Lipinski definition) is 2. The van der Waals surface area contributed by atoms with Gasteiger partial charge in [-0.15, -0.1) is 0 Å². The van der Waals surface area contributed by atoms with Gasteiger partial charge >= 0.3 is 0 Å². The lowest BCUT2D eigenvalue weighted by atomic mass is 10.3. The number of nitrogens with zero attached hydrogens (tertiary/aromatic N) is 2. The molecule has 4 heteroatoms. The van der Waals surface area contributed by atoms with E-state index in [1.165, 1.54) is 0 Å². The number of halogens is 1. The third-order valence-electron chi connectivity index (χ3n) is 1.66. The summed E-state index contributed by atoms with van der Waals surface area (Å²) in [7, 11) is 1.64. The second kappa shape index (κ2) is 2.93. The van der Waals surface area contributed by atoms with Gasteiger partial charge in [-0.25, -0.2) is 4.98 Å². The van der Waals surface area contributed by atoms with Gasteiger partial charge in [0.25, 0.3) is 0 Å². The number of imidazole rings is 1. The first-order valence-electron chi connectivity index (χ1n) is 3.50. The highest BCUT2D eigenvalue weighted by molar-refractivity contribution is 14.1. The quantitative estimate of drug-likeness (QED) is 0.740. The zero-order valence-corrected chi connectivity index (χ0v) is 8.65. The van der Waals surface area contributed by atoms with Crippen molar-refractivity contribution in [3.63, 3.8) is 0 Å². The fourth-order valence-electron chi connectivity index (χ4n) is 1.15. The summed E-state index contributed by atoms with van der Waals surface area (Å²) in [5, 5.41) is 0. The van der Waals surface area contributed by atoms with Crippen molar-refractivity contribution in [3.05, 3.63) is 28.1 Å². The maximum absolute atomic E-state index is 5.14. The van der Waals surface area contributed by atoms with Gasteiger partial charge in [0, 0.05) is 22.6 Å². The summed E-state index contributed by atoms with van der Waals surface area (Å²) in [4.78, 5) is 9.45. The highest BCUT2D eigenvalue weighted by Gasteiger charge is 2.06. The van der Waals surface area contributed by atoms with Gasteiger partial charge < -0.3 is 4.84 Å². The third-order valence-corrected chi connectivity index (χ3v) is 2.34. The minimum absolute atomic E-state index is 0.844. The first-order chi connectivity index (χ1) is 5.83. The Bertz CT molecular complexity index is 410. The predicted octanol–water partition coefficient (Wildman–Crippen LogP) is 1.70. The van der Waals surface area contributed by atoms with Crippen LogP contribution in [-0.4, -0.2) is 16.8 Å². The lowest BCUT2D eigenvalue weighted by Gasteiger charge is -2.00. The van der Waals surface area contributed by atoms with Crippen LogP contribution in [0.15, 0.2) is 24.3 Å². The number of fused-ring (bicyclic) bond motifs is 1. The first-order valence-corrected chi connectivity index (χ1v) is 4.58. The van der Waals surface area contributed by atoms with Crippen molar-refractivity contribution in [2.45, 2.75) is 0 Å². The van der Waals surface area contributed by atoms with Crippen LogP contribution in [0.25, 0.3) is 11.0 Å². The van der Waals surface area contributed by atoms with Crippen molar-refractivity contribution in [2.75, 3.05) is 7.11 Å². The summed E-state index contributed by atoms with van der Waals surface area (Å²) in [5.41, 5.74) is 1.97. The van der Waals surface area contributed by atoms with Crippen LogP contribution in [0.2, 0.25) is 0 Å². The first kappa shape index (κ1) is 7.85. The van der Waals surface area contributed by atoms with Crippen LogP contribution in [0.3, 0.4) is 0 Å². The molecule has 12 heavy (non-hydrogen) atoms. The van der Waals surface area contributed by atoms with Gasteiger partial charge in [-0.2, -0.15) is 4.73 Å². The van der Waals surface area contributed by atoms with Gasteiger partial charge in [-0.05, 0) is 12.1 Å². The summed E-state index contributed by atoms with van der Waals surface area (Å²) in [6, 6.07) is 7.88. The molecule has 0 aliphatic rings. The maximum Gasteiger partial charge on any atom is 0.207 e. The molecule has 1 aromatic heterocycles. The van der Waals surface area contributed by atoms with Crippen LogP contribution in [0.5, 0.6) is 0 Å². The van der Waals surface area contributed by atoms with Gasteiger partial charge in [0.15, 0.2) is 0 Å². The van der Waals surface area contributed by atoms with E-state index >= 15 is 0 Å². The minimum atomic E-state index is 0.844. The molecule has 1 heterocycles. The van der Waals surface area contributed by atoms with Crippen LogP contribution in [0.1, 0.15) is 0 Å². The van der Waals surface area contributed by atoms with Crippen LogP contribution >= 0.6 is 22.6 Å². The molecule has 0 spiro atoms. The fourth-order valence-corrected chi connectivity index (χ4v) is 1.87. The average Bonchev–Trinajstić information content (AvgIpc) is 2.40. The zero-order valence-electron chi connectivity index (χ0n) is 6.49. The summed E-state index contributed by atoms with van der Waals surface area (Å²) in [6.07, 6.45) is 0. The largest absolute Gasteiger partial charge is 0.415 e. The second-order valence-corrected chi connectivity index (χ2v) is 3.31. The Balaban J connectivity index is 2.81. The molecule has 0 aliphatic carbocycles. The van der Waals surface area contributed by atoms with Crippen LogP contribution in [-0.2, 0) is 0 Å². The molecule has 0 saturated heterocycles. The Morgan fingerprint density at radius 3 is 2.92 bits per heavy atom. The number of benzene rings is 1. The Labute approximate surface area is 83.4 Å². The number of hydrogen-bond donors (Lipinski definition) is 0. The van der Waals surface area contributed by atoms with Crippen molar-refractivity contribution in [1.29, 1.82) is 0 Å². The molecule has 1 aromatic carbocycles. The molecule has 0 radical (unpaired) electrons. The van der Waals surface area contributed by atoms with E-state index in [1.54, 1.807) is 11.8 Å². The van der Waals surface area contributed by atoms with Crippen molar-refractivity contribution < 1.29 is 4.84 Å². The molecule has 0 N–H and O–H groups in total. The lowest BCUT2D eigenvalue weighted by molar-refractivity contribution is 0.170. The molecule has 2 rings (SSSR count). The summed E-state index contributed by atoms with van der Waals surface area (Å²) >= 11 is 2.14. The van der Waals surface area contributed by atoms with Crippen molar-refractivity contribution in [2.24, 2.45) is 0 Å². The SMILES string of the molecule is COn1c(I)nc2ccccc21. The maximum atomic E-state index is 5.14. The van der Waals surface area contributed by atoms with Gasteiger partial charge in [-0.3, -0.25) is 0 Å². The fraction of sp³-hybridized carbons (Fsp3) is 0.125. The van der Waals surface area contributed by atoms with Crippen molar-refractivity contribution >= 4 is 33.6 Å². The molecule has 0 unspecified atom stereocenters. The number of rotatable bonds is 1. The molecule has 62 valence electrons. The van der Waals surface area contributed by atoms with E-state index in [9.17, 15) is 0 Å². The normalized spacial score (nSPS) is 10.5. The summed E-state index contributed by atoms with van der Waals surface area (Å²) in [6.45, 7) is 0. The summed E-state index contributed by atoms with van der Waals surface area (Å²) in [5.74, 6) is 0. The van der Waals surface area contributed by atoms with E-state index in [2.05, 4.69) is 27.6 Å². The molecule has 0 fully saturated rings. The molecule has 0 aliphatic heterocycles. The lowest BCUT2D eigenvalue weighted by Crippen LogP contribution is -2.06. The van der Waals surface area contributed by atoms with E-state index in [0.717, 1.165) is 14.9 Å². The molecule has 0 saturated carbocycles. The van der Waals surface area contributed by atoms with Crippen LogP contribution in [0.4, 0.5) is 0 Å². The predicted molar refractivity (Wildman–Crippen MR) is 55.0 cm³/mol. The van der Waals surface area contributed by atoms with Gasteiger partial charge in [0.2, 0.25) is 3.83 Å². The summed E-state index contributed by atoms with van der Waals surface area (Å²) < 4.78 is 2.55. The molecule has 0 amide bonds.